The molecule has 0 bridgehead atoms. The van der Waals surface area contributed by atoms with Crippen molar-refractivity contribution >= 4 is 32.5 Å². The van der Waals surface area contributed by atoms with Crippen LogP contribution in [0.1, 0.15) is 38.5 Å². The fourth-order valence-electron chi connectivity index (χ4n) is 2.82. The quantitative estimate of drug-likeness (QED) is 0.640. The average molecular weight is 335 g/mol. The SMILES string of the molecule is Nc1ccc(OC2CCCCCC2)c2ncc(Br)cc12. The van der Waals surface area contributed by atoms with Gasteiger partial charge in [0.25, 0.3) is 0 Å². The highest BCUT2D eigenvalue weighted by atomic mass is 79.9. The molecule has 0 radical (unpaired) electrons. The smallest absolute Gasteiger partial charge is 0.146 e. The fourth-order valence-corrected chi connectivity index (χ4v) is 3.16. The summed E-state index contributed by atoms with van der Waals surface area (Å²) in [5.74, 6) is 0.855. The summed E-state index contributed by atoms with van der Waals surface area (Å²) in [5.41, 5.74) is 7.63. The molecule has 3 rings (SSSR count). The Balaban J connectivity index is 1.93. The van der Waals surface area contributed by atoms with Crippen molar-refractivity contribution in [2.45, 2.75) is 44.6 Å². The maximum absolute atomic E-state index is 6.21. The second-order valence-electron chi connectivity index (χ2n) is 5.43. The molecule has 1 saturated carbocycles. The van der Waals surface area contributed by atoms with Crippen LogP contribution in [0, 0.1) is 0 Å². The predicted molar refractivity (Wildman–Crippen MR) is 86.0 cm³/mol. The van der Waals surface area contributed by atoms with Crippen LogP contribution in [0.4, 0.5) is 5.69 Å². The van der Waals surface area contributed by atoms with Crippen LogP contribution in [0.15, 0.2) is 28.9 Å². The van der Waals surface area contributed by atoms with Gasteiger partial charge >= 0.3 is 0 Å². The number of nitrogens with zero attached hydrogens (tertiary/aromatic N) is 1. The Hall–Kier alpha value is -1.29. The van der Waals surface area contributed by atoms with E-state index in [2.05, 4.69) is 20.9 Å². The van der Waals surface area contributed by atoms with Crippen LogP contribution in [0.2, 0.25) is 0 Å². The van der Waals surface area contributed by atoms with Gasteiger partial charge in [-0.05, 0) is 59.8 Å². The van der Waals surface area contributed by atoms with Crippen LogP contribution in [0.3, 0.4) is 0 Å². The summed E-state index contributed by atoms with van der Waals surface area (Å²) in [4.78, 5) is 4.48. The van der Waals surface area contributed by atoms with Gasteiger partial charge in [-0.2, -0.15) is 0 Å². The highest BCUT2D eigenvalue weighted by Crippen LogP contribution is 2.32. The summed E-state index contributed by atoms with van der Waals surface area (Å²) in [5, 5.41) is 0.950. The van der Waals surface area contributed by atoms with Crippen LogP contribution in [-0.4, -0.2) is 11.1 Å². The molecular weight excluding hydrogens is 316 g/mol. The van der Waals surface area contributed by atoms with Gasteiger partial charge in [-0.25, -0.2) is 0 Å². The maximum Gasteiger partial charge on any atom is 0.146 e. The number of hydrogen-bond acceptors (Lipinski definition) is 3. The number of aromatic nitrogens is 1. The van der Waals surface area contributed by atoms with Gasteiger partial charge in [0.2, 0.25) is 0 Å². The van der Waals surface area contributed by atoms with E-state index < -0.39 is 0 Å². The summed E-state index contributed by atoms with van der Waals surface area (Å²) in [7, 11) is 0. The maximum atomic E-state index is 6.21. The van der Waals surface area contributed by atoms with Crippen molar-refractivity contribution in [3.8, 4) is 5.75 Å². The lowest BCUT2D eigenvalue weighted by atomic mass is 10.1. The number of ether oxygens (including phenoxy) is 1. The van der Waals surface area contributed by atoms with Crippen molar-refractivity contribution in [3.05, 3.63) is 28.9 Å². The molecule has 1 fully saturated rings. The molecule has 1 aliphatic rings. The predicted octanol–water partition coefficient (Wildman–Crippen LogP) is 4.68. The van der Waals surface area contributed by atoms with Gasteiger partial charge < -0.3 is 10.5 Å². The Bertz CT molecular complexity index is 607. The van der Waals surface area contributed by atoms with Crippen molar-refractivity contribution in [3.63, 3.8) is 0 Å². The monoisotopic (exact) mass is 334 g/mol. The lowest BCUT2D eigenvalue weighted by molar-refractivity contribution is 0.186. The van der Waals surface area contributed by atoms with Gasteiger partial charge in [0.1, 0.15) is 11.3 Å². The number of pyridine rings is 1. The first kappa shape index (κ1) is 13.7. The normalized spacial score (nSPS) is 17.1. The van der Waals surface area contributed by atoms with Crippen LogP contribution >= 0.6 is 15.9 Å². The van der Waals surface area contributed by atoms with Gasteiger partial charge in [0, 0.05) is 21.7 Å². The van der Waals surface area contributed by atoms with Crippen LogP contribution < -0.4 is 10.5 Å². The number of nitrogen functional groups attached to an aromatic ring is 1. The highest BCUT2D eigenvalue weighted by Gasteiger charge is 2.16. The number of halogens is 1. The van der Waals surface area contributed by atoms with Crippen LogP contribution in [-0.2, 0) is 0 Å². The van der Waals surface area contributed by atoms with E-state index in [1.807, 2.05) is 18.2 Å². The minimum Gasteiger partial charge on any atom is -0.488 e. The molecule has 0 atom stereocenters. The molecule has 106 valence electrons. The van der Waals surface area contributed by atoms with Crippen molar-refractivity contribution in [1.29, 1.82) is 0 Å². The molecule has 0 unspecified atom stereocenters. The third-order valence-corrected chi connectivity index (χ3v) is 4.34. The zero-order chi connectivity index (χ0) is 13.9. The van der Waals surface area contributed by atoms with E-state index in [-0.39, 0.29) is 0 Å². The first-order chi connectivity index (χ1) is 9.74. The van der Waals surface area contributed by atoms with Gasteiger partial charge in [0.05, 0.1) is 6.10 Å². The van der Waals surface area contributed by atoms with Crippen molar-refractivity contribution in [2.75, 3.05) is 5.73 Å². The molecule has 1 heterocycles. The van der Waals surface area contributed by atoms with Crippen molar-refractivity contribution in [2.24, 2.45) is 0 Å². The molecule has 0 spiro atoms. The molecule has 1 aliphatic carbocycles. The Morgan fingerprint density at radius 1 is 1.15 bits per heavy atom. The first-order valence-electron chi connectivity index (χ1n) is 7.24. The van der Waals surface area contributed by atoms with Gasteiger partial charge in [-0.3, -0.25) is 4.98 Å². The molecule has 3 nitrogen and oxygen atoms in total. The minimum atomic E-state index is 0.315. The fraction of sp³-hybridized carbons (Fsp3) is 0.438. The number of nitrogens with two attached hydrogens (primary N) is 1. The standard InChI is InChI=1S/C16H19BrN2O/c17-11-9-13-14(18)7-8-15(16(13)19-10-11)20-12-5-3-1-2-4-6-12/h7-10,12H,1-6,18H2. The lowest BCUT2D eigenvalue weighted by Gasteiger charge is -2.18. The number of rotatable bonds is 2. The zero-order valence-electron chi connectivity index (χ0n) is 11.4. The molecule has 1 aromatic carbocycles. The van der Waals surface area contributed by atoms with Crippen LogP contribution in [0.5, 0.6) is 5.75 Å². The molecule has 0 aliphatic heterocycles. The molecular formula is C16H19BrN2O. The van der Waals surface area contributed by atoms with Gasteiger partial charge in [-0.1, -0.05) is 12.8 Å². The third kappa shape index (κ3) is 2.90. The second-order valence-corrected chi connectivity index (χ2v) is 6.35. The summed E-state index contributed by atoms with van der Waals surface area (Å²) in [6.07, 6.45) is 9.57. The Labute approximate surface area is 127 Å². The molecule has 2 aromatic rings. The van der Waals surface area contributed by atoms with E-state index in [0.29, 0.717) is 6.10 Å². The highest BCUT2D eigenvalue weighted by molar-refractivity contribution is 9.10. The molecule has 20 heavy (non-hydrogen) atoms. The molecule has 0 saturated heterocycles. The Morgan fingerprint density at radius 3 is 2.65 bits per heavy atom. The zero-order valence-corrected chi connectivity index (χ0v) is 13.0. The molecule has 0 amide bonds. The number of benzene rings is 1. The third-order valence-electron chi connectivity index (χ3n) is 3.91. The van der Waals surface area contributed by atoms with Crippen LogP contribution in [0.25, 0.3) is 10.9 Å². The second kappa shape index (κ2) is 6.00. The largest absolute Gasteiger partial charge is 0.488 e. The van der Waals surface area contributed by atoms with E-state index in [1.165, 1.54) is 25.7 Å². The Morgan fingerprint density at radius 2 is 1.90 bits per heavy atom. The van der Waals surface area contributed by atoms with Gasteiger partial charge in [-0.15, -0.1) is 0 Å². The topological polar surface area (TPSA) is 48.1 Å². The van der Waals surface area contributed by atoms with E-state index in [1.54, 1.807) is 6.20 Å². The summed E-state index contributed by atoms with van der Waals surface area (Å²) < 4.78 is 7.14. The summed E-state index contributed by atoms with van der Waals surface area (Å²) in [6.45, 7) is 0. The first-order valence-corrected chi connectivity index (χ1v) is 8.04. The molecule has 1 aromatic heterocycles. The van der Waals surface area contributed by atoms with E-state index >= 15 is 0 Å². The minimum absolute atomic E-state index is 0.315. The lowest BCUT2D eigenvalue weighted by Crippen LogP contribution is -2.15. The number of fused-ring (bicyclic) bond motifs is 1. The molecule has 4 heteroatoms. The van der Waals surface area contributed by atoms with Crippen molar-refractivity contribution in [1.82, 2.24) is 4.98 Å². The van der Waals surface area contributed by atoms with E-state index in [9.17, 15) is 0 Å². The van der Waals surface area contributed by atoms with E-state index in [0.717, 1.165) is 39.7 Å². The van der Waals surface area contributed by atoms with Gasteiger partial charge in [0.15, 0.2) is 0 Å². The number of anilines is 1. The van der Waals surface area contributed by atoms with Crippen molar-refractivity contribution < 1.29 is 4.74 Å². The average Bonchev–Trinajstić information content (AvgIpc) is 2.71. The Kier molecular flexibility index (Phi) is 4.10. The van der Waals surface area contributed by atoms with E-state index in [4.69, 9.17) is 10.5 Å². The summed E-state index contributed by atoms with van der Waals surface area (Å²) >= 11 is 3.44. The molecule has 2 N–H and O–H groups in total. The summed E-state index contributed by atoms with van der Waals surface area (Å²) in [6, 6.07) is 5.85. The number of hydrogen-bond donors (Lipinski definition) is 1.